The van der Waals surface area contributed by atoms with Crippen molar-refractivity contribution in [1.29, 1.82) is 0 Å². The van der Waals surface area contributed by atoms with E-state index in [1.165, 1.54) is 11.7 Å². The molecule has 4 nitrogen and oxygen atoms in total. The van der Waals surface area contributed by atoms with Gasteiger partial charge in [-0.1, -0.05) is 0 Å². The number of rotatable bonds is 0. The third kappa shape index (κ3) is 2.37. The second-order valence-electron chi connectivity index (χ2n) is 2.57. The van der Waals surface area contributed by atoms with Crippen LogP contribution in [0.4, 0.5) is 4.79 Å². The maximum Gasteiger partial charge on any atom is 0.506 e. The number of nitrogens with zero attached hydrogens (tertiary/aromatic N) is 1. The van der Waals surface area contributed by atoms with Crippen LogP contribution < -0.4 is 18.1 Å². The molecule has 1 amide bonds. The lowest BCUT2D eigenvalue weighted by Crippen LogP contribution is -3.00. The standard InChI is InChI=1S/C7H12N2O2.ClH/c1-11-7(10)9-5-3-2-4-6(9)8;/h8H,2-5H2,1H3;1H. The molecule has 0 fully saturated rings. The van der Waals surface area contributed by atoms with Crippen molar-refractivity contribution in [2.24, 2.45) is 5.73 Å². The summed E-state index contributed by atoms with van der Waals surface area (Å²) in [6.07, 6.45) is 2.53. The number of carbonyl (C=O) groups is 1. The first kappa shape index (κ1) is 11.2. The largest absolute Gasteiger partial charge is 1.00 e. The van der Waals surface area contributed by atoms with Crippen molar-refractivity contribution >= 4 is 11.9 Å². The van der Waals surface area contributed by atoms with Crippen LogP contribution in [0.1, 0.15) is 19.3 Å². The van der Waals surface area contributed by atoms with Crippen LogP contribution >= 0.6 is 0 Å². The summed E-state index contributed by atoms with van der Waals surface area (Å²) in [6, 6.07) is 0. The molecule has 2 N–H and O–H groups in total. The van der Waals surface area contributed by atoms with Crippen molar-refractivity contribution in [3.8, 4) is 0 Å². The Morgan fingerprint density at radius 2 is 2.25 bits per heavy atom. The van der Waals surface area contributed by atoms with Crippen molar-refractivity contribution in [2.75, 3.05) is 13.7 Å². The number of amidine groups is 1. The number of ether oxygens (including phenoxy) is 1. The normalized spacial score (nSPS) is 16.8. The third-order valence-electron chi connectivity index (χ3n) is 1.81. The molecule has 70 valence electrons. The Hall–Kier alpha value is -0.770. The lowest BCUT2D eigenvalue weighted by Gasteiger charge is -2.10. The molecule has 0 saturated carbocycles. The maximum atomic E-state index is 11.0. The molecule has 1 aliphatic heterocycles. The Morgan fingerprint density at radius 3 is 2.75 bits per heavy atom. The van der Waals surface area contributed by atoms with Crippen molar-refractivity contribution in [3.05, 3.63) is 0 Å². The summed E-state index contributed by atoms with van der Waals surface area (Å²) in [4.78, 5) is 11.0. The van der Waals surface area contributed by atoms with Crippen LogP contribution in [0.5, 0.6) is 0 Å². The topological polar surface area (TPSA) is 55.3 Å². The number of hydrogen-bond acceptors (Lipinski definition) is 3. The Morgan fingerprint density at radius 1 is 1.58 bits per heavy atom. The SMILES string of the molecule is COC(=O)[N+]1=C(N)CCCC1.[Cl-]. The summed E-state index contributed by atoms with van der Waals surface area (Å²) in [6.45, 7) is 0.693. The molecule has 12 heavy (non-hydrogen) atoms. The molecule has 1 heterocycles. The van der Waals surface area contributed by atoms with E-state index in [4.69, 9.17) is 5.73 Å². The van der Waals surface area contributed by atoms with Gasteiger partial charge in [-0.3, -0.25) is 5.73 Å². The van der Waals surface area contributed by atoms with E-state index in [1.807, 2.05) is 0 Å². The van der Waals surface area contributed by atoms with Crippen molar-refractivity contribution in [3.63, 3.8) is 0 Å². The summed E-state index contributed by atoms with van der Waals surface area (Å²) in [7, 11) is 1.37. The molecule has 0 aliphatic carbocycles. The zero-order valence-electron chi connectivity index (χ0n) is 7.05. The first-order valence-electron chi connectivity index (χ1n) is 3.72. The zero-order valence-corrected chi connectivity index (χ0v) is 7.80. The number of hydrogen-bond donors (Lipinski definition) is 1. The highest BCUT2D eigenvalue weighted by Crippen LogP contribution is 2.03. The molecular weight excluding hydrogens is 180 g/mol. The van der Waals surface area contributed by atoms with Gasteiger partial charge in [0.15, 0.2) is 0 Å². The Kier molecular flexibility index (Phi) is 4.66. The van der Waals surface area contributed by atoms with Gasteiger partial charge >= 0.3 is 6.09 Å². The molecule has 0 saturated heterocycles. The van der Waals surface area contributed by atoms with Crippen molar-refractivity contribution in [2.45, 2.75) is 19.3 Å². The highest BCUT2D eigenvalue weighted by Gasteiger charge is 2.21. The van der Waals surface area contributed by atoms with E-state index in [2.05, 4.69) is 4.74 Å². The van der Waals surface area contributed by atoms with Crippen LogP contribution in [0.15, 0.2) is 0 Å². The van der Waals surface area contributed by atoms with Gasteiger partial charge in [0.2, 0.25) is 0 Å². The number of nitrogens with two attached hydrogens (primary N) is 1. The molecular formula is C7H13ClN2O2. The molecule has 0 aromatic heterocycles. The Balaban J connectivity index is 0.00000121. The van der Waals surface area contributed by atoms with Gasteiger partial charge in [0, 0.05) is 6.42 Å². The second-order valence-corrected chi connectivity index (χ2v) is 2.57. The molecule has 0 aromatic carbocycles. The molecule has 0 unspecified atom stereocenters. The summed E-state index contributed by atoms with van der Waals surface area (Å²) >= 11 is 0. The van der Waals surface area contributed by atoms with E-state index in [0.29, 0.717) is 12.4 Å². The van der Waals surface area contributed by atoms with E-state index in [0.717, 1.165) is 19.3 Å². The van der Waals surface area contributed by atoms with Crippen molar-refractivity contribution in [1.82, 2.24) is 0 Å². The van der Waals surface area contributed by atoms with Crippen LogP contribution in [0.2, 0.25) is 0 Å². The fraction of sp³-hybridized carbons (Fsp3) is 0.714. The maximum absolute atomic E-state index is 11.0. The predicted octanol–water partition coefficient (Wildman–Crippen LogP) is -2.69. The van der Waals surface area contributed by atoms with E-state index < -0.39 is 0 Å². The van der Waals surface area contributed by atoms with E-state index in [1.54, 1.807) is 0 Å². The van der Waals surface area contributed by atoms with Crippen LogP contribution in [-0.2, 0) is 4.74 Å². The minimum Gasteiger partial charge on any atom is -1.00 e. The monoisotopic (exact) mass is 192 g/mol. The highest BCUT2D eigenvalue weighted by molar-refractivity contribution is 5.80. The number of carbonyl (C=O) groups excluding carboxylic acids is 1. The van der Waals surface area contributed by atoms with Gasteiger partial charge in [-0.15, -0.1) is 0 Å². The molecule has 0 spiro atoms. The van der Waals surface area contributed by atoms with Gasteiger partial charge in [-0.05, 0) is 12.8 Å². The van der Waals surface area contributed by atoms with Gasteiger partial charge in [-0.25, -0.2) is 0 Å². The minimum atomic E-state index is -0.345. The average molecular weight is 193 g/mol. The van der Waals surface area contributed by atoms with E-state index in [-0.39, 0.29) is 18.5 Å². The van der Waals surface area contributed by atoms with Crippen LogP contribution in [0.3, 0.4) is 0 Å². The second kappa shape index (κ2) is 4.98. The van der Waals surface area contributed by atoms with Crippen LogP contribution in [0.25, 0.3) is 0 Å². The first-order chi connectivity index (χ1) is 5.25. The smallest absolute Gasteiger partial charge is 0.506 e. The Labute approximate surface area is 77.8 Å². The summed E-state index contributed by atoms with van der Waals surface area (Å²) in [5, 5.41) is 0. The summed E-state index contributed by atoms with van der Waals surface area (Å²) < 4.78 is 6.04. The lowest BCUT2D eigenvalue weighted by atomic mass is 10.2. The van der Waals surface area contributed by atoms with Gasteiger partial charge in [0.05, 0.1) is 13.7 Å². The summed E-state index contributed by atoms with van der Waals surface area (Å²) in [5.74, 6) is 0.628. The van der Waals surface area contributed by atoms with Gasteiger partial charge in [0.1, 0.15) is 0 Å². The number of methoxy groups -OCH3 is 1. The minimum absolute atomic E-state index is 0. The average Bonchev–Trinajstić information content (AvgIpc) is 2.04. The molecule has 1 rings (SSSR count). The molecule has 0 aromatic rings. The molecule has 0 atom stereocenters. The molecule has 1 aliphatic rings. The van der Waals surface area contributed by atoms with Gasteiger partial charge in [-0.2, -0.15) is 9.37 Å². The zero-order chi connectivity index (χ0) is 8.27. The fourth-order valence-corrected chi connectivity index (χ4v) is 1.17. The number of halogens is 1. The Bertz CT molecular complexity index is 204. The first-order valence-corrected chi connectivity index (χ1v) is 3.72. The summed E-state index contributed by atoms with van der Waals surface area (Å²) in [5.41, 5.74) is 5.60. The number of amides is 1. The third-order valence-corrected chi connectivity index (χ3v) is 1.81. The predicted molar refractivity (Wildman–Crippen MR) is 40.6 cm³/mol. The van der Waals surface area contributed by atoms with Gasteiger partial charge in [0.25, 0.3) is 5.84 Å². The van der Waals surface area contributed by atoms with Crippen LogP contribution in [0, 0.1) is 0 Å². The van der Waals surface area contributed by atoms with E-state index >= 15 is 0 Å². The highest BCUT2D eigenvalue weighted by atomic mass is 35.5. The fourth-order valence-electron chi connectivity index (χ4n) is 1.17. The molecule has 0 radical (unpaired) electrons. The molecule has 0 bridgehead atoms. The van der Waals surface area contributed by atoms with Crippen molar-refractivity contribution < 1.29 is 26.5 Å². The van der Waals surface area contributed by atoms with Crippen LogP contribution in [-0.4, -0.2) is 30.2 Å². The van der Waals surface area contributed by atoms with Gasteiger partial charge < -0.3 is 17.1 Å². The lowest BCUT2D eigenvalue weighted by molar-refractivity contribution is -0.452. The molecule has 5 heteroatoms. The quantitative estimate of drug-likeness (QED) is 0.426. The van der Waals surface area contributed by atoms with E-state index in [9.17, 15) is 4.79 Å².